The first-order valence-electron chi connectivity index (χ1n) is 6.61. The van der Waals surface area contributed by atoms with Crippen molar-refractivity contribution in [3.8, 4) is 11.1 Å². The second-order valence-corrected chi connectivity index (χ2v) is 6.49. The lowest BCUT2D eigenvalue weighted by atomic mass is 10.0. The minimum atomic E-state index is -0.471. The van der Waals surface area contributed by atoms with Gasteiger partial charge in [-0.2, -0.15) is 0 Å². The van der Waals surface area contributed by atoms with Crippen LogP contribution in [0.25, 0.3) is 11.1 Å². The summed E-state index contributed by atoms with van der Waals surface area (Å²) in [4.78, 5) is 1.14. The highest BCUT2D eigenvalue weighted by Crippen LogP contribution is 2.55. The number of thiophene rings is 1. The van der Waals surface area contributed by atoms with Gasteiger partial charge in [-0.15, -0.1) is 11.3 Å². The summed E-state index contributed by atoms with van der Waals surface area (Å²) in [5.74, 6) is 0.828. The van der Waals surface area contributed by atoms with Crippen LogP contribution >= 0.6 is 11.3 Å². The van der Waals surface area contributed by atoms with Crippen LogP contribution < -0.4 is 0 Å². The Bertz CT molecular complexity index is 580. The first kappa shape index (κ1) is 12.8. The molecule has 100 valence electrons. The van der Waals surface area contributed by atoms with E-state index >= 15 is 0 Å². The van der Waals surface area contributed by atoms with Crippen molar-refractivity contribution in [3.05, 3.63) is 46.2 Å². The van der Waals surface area contributed by atoms with Gasteiger partial charge in [-0.3, -0.25) is 0 Å². The zero-order chi connectivity index (χ0) is 13.6. The fourth-order valence-electron chi connectivity index (χ4n) is 2.82. The van der Waals surface area contributed by atoms with Crippen LogP contribution in [0.1, 0.15) is 31.1 Å². The Kier molecular flexibility index (Phi) is 3.17. The maximum atomic E-state index is 13.9. The molecule has 1 fully saturated rings. The van der Waals surface area contributed by atoms with Crippen LogP contribution in [0, 0.1) is 23.5 Å². The summed E-state index contributed by atoms with van der Waals surface area (Å²) in [5, 5.41) is 1.94. The molecule has 19 heavy (non-hydrogen) atoms. The Labute approximate surface area is 116 Å². The zero-order valence-electron chi connectivity index (χ0n) is 11.0. The molecule has 0 radical (unpaired) electrons. The van der Waals surface area contributed by atoms with Gasteiger partial charge in [0.1, 0.15) is 11.6 Å². The van der Waals surface area contributed by atoms with E-state index in [-0.39, 0.29) is 5.56 Å². The molecule has 1 saturated carbocycles. The molecule has 2 unspecified atom stereocenters. The molecular formula is C16H16F2S. The first-order chi connectivity index (χ1) is 9.09. The standard InChI is InChI=1S/C16H16F2S/c1-9(2)11-8-12(11)16-10(6-7-19-16)15-13(17)4-3-5-14(15)18/h3-7,9,11-12H,8H2,1-2H3. The van der Waals surface area contributed by atoms with E-state index in [0.717, 1.165) is 16.9 Å². The topological polar surface area (TPSA) is 0 Å². The highest BCUT2D eigenvalue weighted by atomic mass is 32.1. The molecule has 1 aromatic carbocycles. The average molecular weight is 278 g/mol. The Morgan fingerprint density at radius 1 is 1.16 bits per heavy atom. The molecule has 2 aromatic rings. The van der Waals surface area contributed by atoms with E-state index in [2.05, 4.69) is 13.8 Å². The Morgan fingerprint density at radius 2 is 1.84 bits per heavy atom. The van der Waals surface area contributed by atoms with Gasteiger partial charge in [-0.05, 0) is 47.8 Å². The van der Waals surface area contributed by atoms with Crippen molar-refractivity contribution in [2.24, 2.45) is 11.8 Å². The molecular weight excluding hydrogens is 262 g/mol. The van der Waals surface area contributed by atoms with Gasteiger partial charge in [0.15, 0.2) is 0 Å². The normalized spacial score (nSPS) is 21.9. The van der Waals surface area contributed by atoms with Crippen molar-refractivity contribution in [2.45, 2.75) is 26.2 Å². The molecule has 1 aliphatic carbocycles. The first-order valence-corrected chi connectivity index (χ1v) is 7.49. The van der Waals surface area contributed by atoms with Crippen molar-refractivity contribution in [2.75, 3.05) is 0 Å². The van der Waals surface area contributed by atoms with Gasteiger partial charge in [0, 0.05) is 10.4 Å². The fourth-order valence-corrected chi connectivity index (χ4v) is 3.92. The van der Waals surface area contributed by atoms with Crippen molar-refractivity contribution >= 4 is 11.3 Å². The third kappa shape index (κ3) is 2.20. The van der Waals surface area contributed by atoms with Gasteiger partial charge >= 0.3 is 0 Å². The highest BCUT2D eigenvalue weighted by molar-refractivity contribution is 7.10. The molecule has 2 atom stereocenters. The summed E-state index contributed by atoms with van der Waals surface area (Å²) >= 11 is 1.62. The molecule has 0 saturated heterocycles. The molecule has 3 heteroatoms. The van der Waals surface area contributed by atoms with Gasteiger partial charge < -0.3 is 0 Å². The van der Waals surface area contributed by atoms with Gasteiger partial charge in [-0.25, -0.2) is 8.78 Å². The van der Waals surface area contributed by atoms with Crippen molar-refractivity contribution in [1.82, 2.24) is 0 Å². The van der Waals surface area contributed by atoms with E-state index in [9.17, 15) is 8.78 Å². The number of halogens is 2. The monoisotopic (exact) mass is 278 g/mol. The van der Waals surface area contributed by atoms with Crippen LogP contribution in [0.4, 0.5) is 8.78 Å². The third-order valence-electron chi connectivity index (χ3n) is 3.96. The molecule has 0 amide bonds. The van der Waals surface area contributed by atoms with Gasteiger partial charge in [0.25, 0.3) is 0 Å². The van der Waals surface area contributed by atoms with E-state index in [0.29, 0.717) is 17.8 Å². The Balaban J connectivity index is 2.02. The summed E-state index contributed by atoms with van der Waals surface area (Å²) in [6.07, 6.45) is 1.14. The summed E-state index contributed by atoms with van der Waals surface area (Å²) < 4.78 is 27.8. The molecule has 1 aliphatic rings. The fraction of sp³-hybridized carbons (Fsp3) is 0.375. The van der Waals surface area contributed by atoms with E-state index < -0.39 is 11.6 Å². The van der Waals surface area contributed by atoms with Crippen molar-refractivity contribution in [1.29, 1.82) is 0 Å². The van der Waals surface area contributed by atoms with Crippen molar-refractivity contribution < 1.29 is 8.78 Å². The quantitative estimate of drug-likeness (QED) is 0.700. The van der Waals surface area contributed by atoms with E-state index in [1.54, 1.807) is 11.3 Å². The second kappa shape index (κ2) is 4.71. The Hall–Kier alpha value is -1.22. The van der Waals surface area contributed by atoms with Gasteiger partial charge in [0.05, 0.1) is 5.56 Å². The van der Waals surface area contributed by atoms with E-state index in [1.807, 2.05) is 11.4 Å². The summed E-state index contributed by atoms with van der Waals surface area (Å²) in [6.45, 7) is 4.42. The lowest BCUT2D eigenvalue weighted by molar-refractivity contribution is 0.550. The molecule has 0 nitrogen and oxygen atoms in total. The van der Waals surface area contributed by atoms with Gasteiger partial charge in [-0.1, -0.05) is 19.9 Å². The second-order valence-electron chi connectivity index (χ2n) is 5.55. The van der Waals surface area contributed by atoms with Gasteiger partial charge in [0.2, 0.25) is 0 Å². The lowest BCUT2D eigenvalue weighted by Crippen LogP contribution is -1.94. The third-order valence-corrected chi connectivity index (χ3v) is 5.01. The predicted molar refractivity (Wildman–Crippen MR) is 75.4 cm³/mol. The molecule has 0 spiro atoms. The molecule has 1 heterocycles. The minimum absolute atomic E-state index is 0.133. The van der Waals surface area contributed by atoms with Crippen LogP contribution in [0.5, 0.6) is 0 Å². The van der Waals surface area contributed by atoms with Crippen LogP contribution in [-0.2, 0) is 0 Å². The molecule has 3 rings (SSSR count). The maximum Gasteiger partial charge on any atom is 0.134 e. The lowest BCUT2D eigenvalue weighted by Gasteiger charge is -2.07. The number of rotatable bonds is 3. The number of hydrogen-bond acceptors (Lipinski definition) is 1. The zero-order valence-corrected chi connectivity index (χ0v) is 11.8. The molecule has 1 aromatic heterocycles. The molecule has 0 aliphatic heterocycles. The Morgan fingerprint density at radius 3 is 2.42 bits per heavy atom. The summed E-state index contributed by atoms with van der Waals surface area (Å²) in [7, 11) is 0. The van der Waals surface area contributed by atoms with Crippen LogP contribution in [-0.4, -0.2) is 0 Å². The maximum absolute atomic E-state index is 13.9. The highest BCUT2D eigenvalue weighted by Gasteiger charge is 2.42. The van der Waals surface area contributed by atoms with Crippen LogP contribution in [0.2, 0.25) is 0 Å². The average Bonchev–Trinajstić information content (AvgIpc) is 3.02. The van der Waals surface area contributed by atoms with Crippen LogP contribution in [0.15, 0.2) is 29.6 Å². The number of benzene rings is 1. The minimum Gasteiger partial charge on any atom is -0.206 e. The molecule has 0 bridgehead atoms. The van der Waals surface area contributed by atoms with Crippen molar-refractivity contribution in [3.63, 3.8) is 0 Å². The smallest absolute Gasteiger partial charge is 0.134 e. The summed E-state index contributed by atoms with van der Waals surface area (Å²) in [5.41, 5.74) is 0.877. The van der Waals surface area contributed by atoms with E-state index in [4.69, 9.17) is 0 Å². The largest absolute Gasteiger partial charge is 0.206 e. The summed E-state index contributed by atoms with van der Waals surface area (Å²) in [6, 6.07) is 5.91. The van der Waals surface area contributed by atoms with Crippen LogP contribution in [0.3, 0.4) is 0 Å². The molecule has 0 N–H and O–H groups in total. The predicted octanol–water partition coefficient (Wildman–Crippen LogP) is 5.45. The van der Waals surface area contributed by atoms with E-state index in [1.165, 1.54) is 18.2 Å². The number of hydrogen-bond donors (Lipinski definition) is 0. The SMILES string of the molecule is CC(C)C1CC1c1sccc1-c1c(F)cccc1F.